The number of hydrogen-bond acceptors (Lipinski definition) is 6. The molecule has 1 fully saturated rings. The van der Waals surface area contributed by atoms with Crippen molar-refractivity contribution in [1.82, 2.24) is 24.7 Å². The smallest absolute Gasteiger partial charge is 0.240 e. The third kappa shape index (κ3) is 4.28. The molecule has 162 valence electrons. The van der Waals surface area contributed by atoms with E-state index >= 15 is 0 Å². The molecule has 0 bridgehead atoms. The Kier molecular flexibility index (Phi) is 5.71. The average Bonchev–Trinajstić information content (AvgIpc) is 3.15. The van der Waals surface area contributed by atoms with Crippen LogP contribution in [0.2, 0.25) is 0 Å². The molecule has 3 aromatic rings. The molecular formula is C25H25N5O2. The molecule has 3 heterocycles. The Morgan fingerprint density at radius 1 is 1.09 bits per heavy atom. The average molecular weight is 428 g/mol. The van der Waals surface area contributed by atoms with Gasteiger partial charge in [0.1, 0.15) is 0 Å². The number of aromatic nitrogens is 4. The quantitative estimate of drug-likeness (QED) is 0.583. The Morgan fingerprint density at radius 3 is 2.59 bits per heavy atom. The van der Waals surface area contributed by atoms with E-state index < -0.39 is 0 Å². The van der Waals surface area contributed by atoms with Crippen LogP contribution in [0.25, 0.3) is 22.6 Å². The van der Waals surface area contributed by atoms with Gasteiger partial charge in [0.05, 0.1) is 18.8 Å². The molecule has 7 nitrogen and oxygen atoms in total. The lowest BCUT2D eigenvalue weighted by Gasteiger charge is -2.34. The molecular weight excluding hydrogens is 402 g/mol. The molecule has 1 aromatic carbocycles. The van der Waals surface area contributed by atoms with Crippen molar-refractivity contribution >= 4 is 11.2 Å². The maximum Gasteiger partial charge on any atom is 0.240 e. The van der Waals surface area contributed by atoms with Crippen molar-refractivity contribution in [1.29, 1.82) is 0 Å². The molecule has 1 aliphatic heterocycles. The number of nitrogens with zero attached hydrogens (tertiary/aromatic N) is 5. The van der Waals surface area contributed by atoms with Gasteiger partial charge in [0.2, 0.25) is 5.88 Å². The van der Waals surface area contributed by atoms with Gasteiger partial charge in [-0.3, -0.25) is 4.90 Å². The number of ether oxygens (including phenoxy) is 2. The van der Waals surface area contributed by atoms with Crippen molar-refractivity contribution in [2.24, 2.45) is 0 Å². The highest BCUT2D eigenvalue weighted by Gasteiger charge is 2.21. The molecule has 0 N–H and O–H groups in total. The minimum absolute atomic E-state index is 0.238. The number of morpholine rings is 1. The van der Waals surface area contributed by atoms with Crippen molar-refractivity contribution in [3.05, 3.63) is 60.2 Å². The van der Waals surface area contributed by atoms with E-state index in [9.17, 15) is 0 Å². The van der Waals surface area contributed by atoms with Crippen LogP contribution in [0.15, 0.2) is 54.6 Å². The van der Waals surface area contributed by atoms with E-state index in [4.69, 9.17) is 14.6 Å². The minimum Gasteiger partial charge on any atom is -0.463 e. The predicted molar refractivity (Wildman–Crippen MR) is 123 cm³/mol. The Bertz CT molecular complexity index is 1230. The zero-order chi connectivity index (χ0) is 21.9. The third-order valence-electron chi connectivity index (χ3n) is 5.46. The second-order valence-electron chi connectivity index (χ2n) is 8.10. The zero-order valence-corrected chi connectivity index (χ0v) is 18.2. The van der Waals surface area contributed by atoms with Crippen LogP contribution in [-0.2, 0) is 4.74 Å². The van der Waals surface area contributed by atoms with Gasteiger partial charge in [-0.25, -0.2) is 0 Å². The van der Waals surface area contributed by atoms with Gasteiger partial charge >= 0.3 is 0 Å². The van der Waals surface area contributed by atoms with Gasteiger partial charge in [-0.1, -0.05) is 60.4 Å². The highest BCUT2D eigenvalue weighted by molar-refractivity contribution is 5.84. The molecule has 0 amide bonds. The molecule has 0 radical (unpaired) electrons. The summed E-state index contributed by atoms with van der Waals surface area (Å²) in [6.45, 7) is 6.97. The van der Waals surface area contributed by atoms with Gasteiger partial charge in [0.25, 0.3) is 0 Å². The van der Waals surface area contributed by atoms with Gasteiger partial charge in [0, 0.05) is 24.2 Å². The molecule has 0 spiro atoms. The number of benzene rings is 1. The van der Waals surface area contributed by atoms with Crippen LogP contribution in [0, 0.1) is 11.8 Å². The van der Waals surface area contributed by atoms with Crippen LogP contribution in [-0.4, -0.2) is 63.2 Å². The first kappa shape index (κ1) is 20.4. The highest BCUT2D eigenvalue weighted by Crippen LogP contribution is 2.31. The van der Waals surface area contributed by atoms with E-state index in [1.165, 1.54) is 0 Å². The summed E-state index contributed by atoms with van der Waals surface area (Å²) in [4.78, 5) is 2.31. The summed E-state index contributed by atoms with van der Waals surface area (Å²) in [7, 11) is 0. The first-order valence-electron chi connectivity index (χ1n) is 10.8. The van der Waals surface area contributed by atoms with E-state index in [0.29, 0.717) is 23.9 Å². The minimum atomic E-state index is 0.238. The van der Waals surface area contributed by atoms with Crippen molar-refractivity contribution in [3.8, 4) is 29.1 Å². The summed E-state index contributed by atoms with van der Waals surface area (Å²) >= 11 is 0. The highest BCUT2D eigenvalue weighted by atomic mass is 16.5. The standard InChI is InChI=1S/C25H25N5O2/c1-18-16-29(17-19(2)32-18)13-6-7-14-31-25-22(20-11-8-12-20)15-23-26-27-24(30(23)28-25)21-9-4-3-5-10-21/h3-5,8-12,15,18-19H,13-14,16-17H2,1-2H3. The van der Waals surface area contributed by atoms with E-state index in [-0.39, 0.29) is 18.8 Å². The molecule has 32 heavy (non-hydrogen) atoms. The largest absolute Gasteiger partial charge is 0.463 e. The van der Waals surface area contributed by atoms with Crippen LogP contribution < -0.4 is 4.74 Å². The Hall–Kier alpha value is -3.47. The fourth-order valence-electron chi connectivity index (χ4n) is 4.01. The van der Waals surface area contributed by atoms with Gasteiger partial charge < -0.3 is 9.47 Å². The maximum atomic E-state index is 6.01. The van der Waals surface area contributed by atoms with Gasteiger partial charge in [-0.05, 0) is 25.5 Å². The molecule has 2 atom stereocenters. The first-order chi connectivity index (χ1) is 15.7. The number of fused-ring (bicyclic) bond motifs is 1. The Morgan fingerprint density at radius 2 is 1.88 bits per heavy atom. The summed E-state index contributed by atoms with van der Waals surface area (Å²) < 4.78 is 13.5. The number of rotatable bonds is 5. The zero-order valence-electron chi connectivity index (χ0n) is 18.2. The lowest BCUT2D eigenvalue weighted by molar-refractivity contribution is -0.0640. The van der Waals surface area contributed by atoms with Crippen molar-refractivity contribution in [2.75, 3.05) is 26.2 Å². The van der Waals surface area contributed by atoms with E-state index in [2.05, 4.69) is 40.8 Å². The summed E-state index contributed by atoms with van der Waals surface area (Å²) in [5.41, 5.74) is 3.57. The lowest BCUT2D eigenvalue weighted by atomic mass is 10.0. The third-order valence-corrected chi connectivity index (χ3v) is 5.46. The van der Waals surface area contributed by atoms with Crippen LogP contribution in [0.5, 0.6) is 5.88 Å². The Labute approximate surface area is 187 Å². The SMILES string of the molecule is CC1CN(CC#CCOc2nn3c(-c4ccccc4)nnc3cc2C2=CC=C2)CC(C)O1. The van der Waals surface area contributed by atoms with Crippen LogP contribution in [0.4, 0.5) is 0 Å². The summed E-state index contributed by atoms with van der Waals surface area (Å²) in [6, 6.07) is 11.8. The Balaban J connectivity index is 1.34. The summed E-state index contributed by atoms with van der Waals surface area (Å²) in [5.74, 6) is 7.55. The molecule has 0 saturated carbocycles. The summed E-state index contributed by atoms with van der Waals surface area (Å²) in [6.07, 6.45) is 6.53. The first-order valence-corrected chi connectivity index (χ1v) is 10.8. The molecule has 1 saturated heterocycles. The normalized spacial score (nSPS) is 20.4. The molecule has 2 aliphatic rings. The van der Waals surface area contributed by atoms with Crippen molar-refractivity contribution in [3.63, 3.8) is 0 Å². The number of allylic oxidation sites excluding steroid dienone is 4. The topological polar surface area (TPSA) is 64.8 Å². The molecule has 5 rings (SSSR count). The second-order valence-corrected chi connectivity index (χ2v) is 8.10. The van der Waals surface area contributed by atoms with Crippen LogP contribution in [0.1, 0.15) is 19.4 Å². The number of hydrogen-bond donors (Lipinski definition) is 0. The van der Waals surface area contributed by atoms with E-state index in [0.717, 1.165) is 29.8 Å². The van der Waals surface area contributed by atoms with Crippen LogP contribution in [0.3, 0.4) is 0 Å². The predicted octanol–water partition coefficient (Wildman–Crippen LogP) is 3.24. The molecule has 1 aliphatic carbocycles. The van der Waals surface area contributed by atoms with E-state index in [1.807, 2.05) is 54.6 Å². The molecule has 2 aromatic heterocycles. The summed E-state index contributed by atoms with van der Waals surface area (Å²) in [5, 5.41) is 13.4. The van der Waals surface area contributed by atoms with Gasteiger partial charge in [-0.2, -0.15) is 4.52 Å². The monoisotopic (exact) mass is 427 g/mol. The second kappa shape index (κ2) is 8.95. The van der Waals surface area contributed by atoms with Gasteiger partial charge in [-0.15, -0.1) is 15.3 Å². The fourth-order valence-corrected chi connectivity index (χ4v) is 4.01. The fraction of sp³-hybridized carbons (Fsp3) is 0.320. The van der Waals surface area contributed by atoms with Crippen molar-refractivity contribution in [2.45, 2.75) is 26.1 Å². The van der Waals surface area contributed by atoms with Gasteiger partial charge in [0.15, 0.2) is 18.1 Å². The van der Waals surface area contributed by atoms with Crippen LogP contribution >= 0.6 is 0 Å². The molecule has 7 heteroatoms. The van der Waals surface area contributed by atoms with Crippen molar-refractivity contribution < 1.29 is 9.47 Å². The molecule has 2 unspecified atom stereocenters. The lowest BCUT2D eigenvalue weighted by Crippen LogP contribution is -2.45. The van der Waals surface area contributed by atoms with E-state index in [1.54, 1.807) is 4.52 Å². The maximum absolute atomic E-state index is 6.01.